The number of carbonyl (C=O) groups excluding carboxylic acids is 1. The zero-order chi connectivity index (χ0) is 17.3. The first-order chi connectivity index (χ1) is 11.5. The van der Waals surface area contributed by atoms with E-state index in [1.54, 1.807) is 10.9 Å². The fourth-order valence-corrected chi connectivity index (χ4v) is 2.74. The van der Waals surface area contributed by atoms with Crippen LogP contribution in [0.3, 0.4) is 0 Å². The first-order valence-electron chi connectivity index (χ1n) is 7.74. The van der Waals surface area contributed by atoms with Crippen molar-refractivity contribution in [3.63, 3.8) is 0 Å². The second kappa shape index (κ2) is 6.31. The van der Waals surface area contributed by atoms with E-state index in [0.717, 1.165) is 33.6 Å². The quantitative estimate of drug-likeness (QED) is 0.801. The highest BCUT2D eigenvalue weighted by molar-refractivity contribution is 5.94. The Labute approximate surface area is 140 Å². The minimum Gasteiger partial charge on any atom is -0.483 e. The number of nitrogens with one attached hydrogen (secondary N) is 1. The molecule has 1 amide bonds. The van der Waals surface area contributed by atoms with Gasteiger partial charge in [0.1, 0.15) is 5.75 Å². The molecule has 0 aliphatic heterocycles. The Morgan fingerprint density at radius 2 is 1.96 bits per heavy atom. The lowest BCUT2D eigenvalue weighted by Crippen LogP contribution is -2.20. The predicted molar refractivity (Wildman–Crippen MR) is 93.3 cm³/mol. The second-order valence-electron chi connectivity index (χ2n) is 5.86. The maximum absolute atomic E-state index is 12.1. The average molecular weight is 324 g/mol. The van der Waals surface area contributed by atoms with Crippen molar-refractivity contribution in [3.05, 3.63) is 47.3 Å². The van der Waals surface area contributed by atoms with Crippen LogP contribution in [0.2, 0.25) is 0 Å². The summed E-state index contributed by atoms with van der Waals surface area (Å²) in [5.74, 6) is 0.532. The van der Waals surface area contributed by atoms with Gasteiger partial charge in [0.25, 0.3) is 5.91 Å². The van der Waals surface area contributed by atoms with Crippen LogP contribution in [-0.4, -0.2) is 27.3 Å². The van der Waals surface area contributed by atoms with E-state index in [4.69, 9.17) is 4.74 Å². The molecule has 0 bridgehead atoms. The van der Waals surface area contributed by atoms with Gasteiger partial charge in [-0.15, -0.1) is 0 Å². The minimum absolute atomic E-state index is 0.0459. The number of rotatable bonds is 4. The average Bonchev–Trinajstić information content (AvgIpc) is 2.81. The number of para-hydroxylation sites is 1. The molecule has 2 heterocycles. The van der Waals surface area contributed by atoms with E-state index in [9.17, 15) is 4.79 Å². The molecule has 0 atom stereocenters. The summed E-state index contributed by atoms with van der Waals surface area (Å²) in [6, 6.07) is 7.77. The molecule has 6 heteroatoms. The summed E-state index contributed by atoms with van der Waals surface area (Å²) in [5, 5.41) is 8.06. The Morgan fingerprint density at radius 3 is 2.67 bits per heavy atom. The lowest BCUT2D eigenvalue weighted by atomic mass is 10.1. The number of ether oxygens (including phenoxy) is 1. The van der Waals surface area contributed by atoms with Crippen molar-refractivity contribution in [2.24, 2.45) is 7.05 Å². The van der Waals surface area contributed by atoms with Gasteiger partial charge in [-0.2, -0.15) is 5.10 Å². The number of hydrogen-bond donors (Lipinski definition) is 1. The fraction of sp³-hybridized carbons (Fsp3) is 0.278. The van der Waals surface area contributed by atoms with Gasteiger partial charge in [-0.05, 0) is 38.0 Å². The highest BCUT2D eigenvalue weighted by Crippen LogP contribution is 2.22. The summed E-state index contributed by atoms with van der Waals surface area (Å²) in [4.78, 5) is 16.5. The van der Waals surface area contributed by atoms with E-state index >= 15 is 0 Å². The van der Waals surface area contributed by atoms with Crippen molar-refractivity contribution in [2.45, 2.75) is 20.8 Å². The number of hydrogen-bond acceptors (Lipinski definition) is 4. The molecule has 0 fully saturated rings. The van der Waals surface area contributed by atoms with E-state index < -0.39 is 0 Å². The molecule has 0 saturated carbocycles. The summed E-state index contributed by atoms with van der Waals surface area (Å²) in [7, 11) is 1.85. The number of benzene rings is 1. The molecule has 3 rings (SSSR count). The van der Waals surface area contributed by atoms with Gasteiger partial charge >= 0.3 is 0 Å². The Kier molecular flexibility index (Phi) is 4.20. The molecule has 0 aliphatic rings. The molecule has 3 aromatic rings. The lowest BCUT2D eigenvalue weighted by molar-refractivity contribution is -0.118. The summed E-state index contributed by atoms with van der Waals surface area (Å²) in [6.45, 7) is 5.79. The lowest BCUT2D eigenvalue weighted by Gasteiger charge is -2.12. The van der Waals surface area contributed by atoms with Crippen LogP contribution in [0.25, 0.3) is 11.0 Å². The molecule has 1 aromatic carbocycles. The number of anilines is 1. The van der Waals surface area contributed by atoms with Crippen LogP contribution < -0.4 is 10.1 Å². The van der Waals surface area contributed by atoms with Gasteiger partial charge in [0, 0.05) is 12.4 Å². The third-order valence-corrected chi connectivity index (χ3v) is 3.90. The Morgan fingerprint density at radius 1 is 1.25 bits per heavy atom. The number of fused-ring (bicyclic) bond motifs is 1. The maximum Gasteiger partial charge on any atom is 0.262 e. The molecule has 6 nitrogen and oxygen atoms in total. The Hall–Kier alpha value is -2.89. The van der Waals surface area contributed by atoms with Gasteiger partial charge in [-0.25, -0.2) is 4.98 Å². The molecule has 0 saturated heterocycles. The Balaban J connectivity index is 1.70. The highest BCUT2D eigenvalue weighted by atomic mass is 16.5. The van der Waals surface area contributed by atoms with Crippen LogP contribution in [0, 0.1) is 20.8 Å². The van der Waals surface area contributed by atoms with Crippen LogP contribution in [0.4, 0.5) is 5.69 Å². The Bertz CT molecular complexity index is 895. The smallest absolute Gasteiger partial charge is 0.262 e. The molecule has 0 spiro atoms. The molecule has 24 heavy (non-hydrogen) atoms. The first kappa shape index (κ1) is 16.0. The van der Waals surface area contributed by atoms with E-state index in [-0.39, 0.29) is 12.5 Å². The van der Waals surface area contributed by atoms with Crippen molar-refractivity contribution >= 4 is 22.6 Å². The van der Waals surface area contributed by atoms with Gasteiger partial charge in [0.15, 0.2) is 12.3 Å². The molecule has 124 valence electrons. The van der Waals surface area contributed by atoms with Crippen molar-refractivity contribution in [1.29, 1.82) is 0 Å². The molecule has 0 unspecified atom stereocenters. The predicted octanol–water partition coefficient (Wildman–Crippen LogP) is 2.91. The van der Waals surface area contributed by atoms with E-state index in [0.29, 0.717) is 5.69 Å². The molecule has 1 N–H and O–H groups in total. The monoisotopic (exact) mass is 324 g/mol. The molecule has 2 aromatic heterocycles. The maximum atomic E-state index is 12.1. The van der Waals surface area contributed by atoms with Crippen LogP contribution in [0.5, 0.6) is 5.75 Å². The van der Waals surface area contributed by atoms with Crippen molar-refractivity contribution < 1.29 is 9.53 Å². The fourth-order valence-electron chi connectivity index (χ4n) is 2.74. The van der Waals surface area contributed by atoms with Crippen LogP contribution in [0.15, 0.2) is 30.5 Å². The normalized spacial score (nSPS) is 10.8. The molecular formula is C18H20N4O2. The number of aromatic nitrogens is 3. The number of aryl methyl sites for hydroxylation is 4. The third-order valence-electron chi connectivity index (χ3n) is 3.90. The SMILES string of the molecule is Cc1cccc(C)c1OCC(=O)Nc1cnc2c(c1)c(C)nn2C. The zero-order valence-corrected chi connectivity index (χ0v) is 14.3. The molecule has 0 aliphatic carbocycles. The third kappa shape index (κ3) is 3.08. The van der Waals surface area contributed by atoms with E-state index in [1.807, 2.05) is 52.1 Å². The highest BCUT2D eigenvalue weighted by Gasteiger charge is 2.10. The largest absolute Gasteiger partial charge is 0.483 e. The molecular weight excluding hydrogens is 304 g/mol. The number of pyridine rings is 1. The minimum atomic E-state index is -0.222. The second-order valence-corrected chi connectivity index (χ2v) is 5.86. The van der Waals surface area contributed by atoms with E-state index in [1.165, 1.54) is 0 Å². The number of amides is 1. The number of nitrogens with zero attached hydrogens (tertiary/aromatic N) is 3. The number of carbonyl (C=O) groups is 1. The molecule has 0 radical (unpaired) electrons. The van der Waals surface area contributed by atoms with Crippen LogP contribution in [0.1, 0.15) is 16.8 Å². The van der Waals surface area contributed by atoms with Crippen molar-refractivity contribution in [1.82, 2.24) is 14.8 Å². The topological polar surface area (TPSA) is 69.0 Å². The zero-order valence-electron chi connectivity index (χ0n) is 14.3. The van der Waals surface area contributed by atoms with Crippen LogP contribution >= 0.6 is 0 Å². The van der Waals surface area contributed by atoms with Gasteiger partial charge < -0.3 is 10.1 Å². The van der Waals surface area contributed by atoms with E-state index in [2.05, 4.69) is 15.4 Å². The van der Waals surface area contributed by atoms with Gasteiger partial charge in [-0.3, -0.25) is 9.48 Å². The van der Waals surface area contributed by atoms with Crippen molar-refractivity contribution in [2.75, 3.05) is 11.9 Å². The standard InChI is InChI=1S/C18H20N4O2/c1-11-6-5-7-12(2)17(11)24-10-16(23)20-14-8-15-13(3)21-22(4)18(15)19-9-14/h5-9H,10H2,1-4H3,(H,20,23). The van der Waals surface area contributed by atoms with Gasteiger partial charge in [-0.1, -0.05) is 18.2 Å². The van der Waals surface area contributed by atoms with Gasteiger partial charge in [0.2, 0.25) is 0 Å². The first-order valence-corrected chi connectivity index (χ1v) is 7.74. The summed E-state index contributed by atoms with van der Waals surface area (Å²) in [6.07, 6.45) is 1.63. The van der Waals surface area contributed by atoms with Gasteiger partial charge in [0.05, 0.1) is 17.6 Å². The summed E-state index contributed by atoms with van der Waals surface area (Å²) in [5.41, 5.74) is 4.32. The van der Waals surface area contributed by atoms with Crippen LogP contribution in [-0.2, 0) is 11.8 Å². The summed E-state index contributed by atoms with van der Waals surface area (Å²) < 4.78 is 7.39. The summed E-state index contributed by atoms with van der Waals surface area (Å²) >= 11 is 0. The van der Waals surface area contributed by atoms with Crippen molar-refractivity contribution in [3.8, 4) is 5.75 Å².